The third-order valence-corrected chi connectivity index (χ3v) is 4.41. The fourth-order valence-electron chi connectivity index (χ4n) is 2.21. The first kappa shape index (κ1) is 13.8. The number of fused-ring (bicyclic) bond motifs is 1. The Labute approximate surface area is 125 Å². The van der Waals surface area contributed by atoms with Gasteiger partial charge in [-0.2, -0.15) is 0 Å². The van der Waals surface area contributed by atoms with Crippen LogP contribution in [0.2, 0.25) is 0 Å². The molecular formula is C17H13FO2S. The van der Waals surface area contributed by atoms with E-state index in [-0.39, 0.29) is 11.6 Å². The minimum atomic E-state index is -0.285. The molecule has 3 aromatic rings. The number of benzene rings is 2. The molecule has 0 unspecified atom stereocenters. The predicted octanol–water partition coefficient (Wildman–Crippen LogP) is 4.47. The molecular weight excluding hydrogens is 287 g/mol. The average Bonchev–Trinajstić information content (AvgIpc) is 2.90. The monoisotopic (exact) mass is 300 g/mol. The van der Waals surface area contributed by atoms with Gasteiger partial charge in [0.1, 0.15) is 11.6 Å². The summed E-state index contributed by atoms with van der Waals surface area (Å²) in [6.45, 7) is 0. The Morgan fingerprint density at radius 3 is 2.86 bits per heavy atom. The SMILES string of the molecule is COc1cccc(CC(=O)c2cc3cc(F)ccc3s2)c1. The third-order valence-electron chi connectivity index (χ3n) is 3.25. The van der Waals surface area contributed by atoms with Crippen LogP contribution in [0.4, 0.5) is 4.39 Å². The van der Waals surface area contributed by atoms with Gasteiger partial charge in [-0.15, -0.1) is 11.3 Å². The summed E-state index contributed by atoms with van der Waals surface area (Å²) < 4.78 is 19.3. The molecule has 0 saturated heterocycles. The maximum atomic E-state index is 13.2. The van der Waals surface area contributed by atoms with Crippen molar-refractivity contribution in [2.24, 2.45) is 0 Å². The molecule has 0 saturated carbocycles. The van der Waals surface area contributed by atoms with Crippen LogP contribution in [-0.4, -0.2) is 12.9 Å². The molecule has 106 valence electrons. The third kappa shape index (κ3) is 2.95. The molecule has 0 radical (unpaired) electrons. The summed E-state index contributed by atoms with van der Waals surface area (Å²) in [5.74, 6) is 0.482. The van der Waals surface area contributed by atoms with Gasteiger partial charge in [-0.1, -0.05) is 12.1 Å². The zero-order valence-electron chi connectivity index (χ0n) is 11.4. The molecule has 0 spiro atoms. The minimum Gasteiger partial charge on any atom is -0.497 e. The van der Waals surface area contributed by atoms with Gasteiger partial charge in [0.2, 0.25) is 0 Å². The molecule has 1 aromatic heterocycles. The molecule has 0 aliphatic rings. The van der Waals surface area contributed by atoms with Crippen LogP contribution in [0.5, 0.6) is 5.75 Å². The van der Waals surface area contributed by atoms with Crippen LogP contribution in [0.3, 0.4) is 0 Å². The molecule has 0 aliphatic heterocycles. The van der Waals surface area contributed by atoms with Crippen molar-refractivity contribution in [2.45, 2.75) is 6.42 Å². The second-order valence-electron chi connectivity index (χ2n) is 4.74. The first-order chi connectivity index (χ1) is 10.2. The standard InChI is InChI=1S/C17H13FO2S/c1-20-14-4-2-3-11(7-14)8-15(19)17-10-12-9-13(18)5-6-16(12)21-17/h2-7,9-10H,8H2,1H3. The number of carbonyl (C=O) groups is 1. The highest BCUT2D eigenvalue weighted by Gasteiger charge is 2.12. The highest BCUT2D eigenvalue weighted by molar-refractivity contribution is 7.20. The highest BCUT2D eigenvalue weighted by Crippen LogP contribution is 2.27. The fraction of sp³-hybridized carbons (Fsp3) is 0.118. The van der Waals surface area contributed by atoms with Gasteiger partial charge >= 0.3 is 0 Å². The number of ether oxygens (including phenoxy) is 1. The molecule has 4 heteroatoms. The Bertz CT molecular complexity index is 807. The van der Waals surface area contributed by atoms with Crippen LogP contribution in [0, 0.1) is 5.82 Å². The number of ketones is 1. The van der Waals surface area contributed by atoms with Crippen LogP contribution in [0.25, 0.3) is 10.1 Å². The first-order valence-corrected chi connectivity index (χ1v) is 7.32. The van der Waals surface area contributed by atoms with E-state index in [0.717, 1.165) is 21.4 Å². The van der Waals surface area contributed by atoms with Crippen LogP contribution in [0.1, 0.15) is 15.2 Å². The number of Topliss-reactive ketones (excluding diaryl/α,β-unsaturated/α-hetero) is 1. The zero-order valence-corrected chi connectivity index (χ0v) is 12.2. The molecule has 0 bridgehead atoms. The smallest absolute Gasteiger partial charge is 0.177 e. The Kier molecular flexibility index (Phi) is 3.71. The molecule has 0 amide bonds. The number of hydrogen-bond donors (Lipinski definition) is 0. The molecule has 0 N–H and O–H groups in total. The van der Waals surface area contributed by atoms with Gasteiger partial charge < -0.3 is 4.74 Å². The summed E-state index contributed by atoms with van der Waals surface area (Å²) in [4.78, 5) is 13.0. The van der Waals surface area contributed by atoms with Gasteiger partial charge in [-0.25, -0.2) is 4.39 Å². The summed E-state index contributed by atoms with van der Waals surface area (Å²) in [5, 5.41) is 0.772. The Morgan fingerprint density at radius 1 is 1.19 bits per heavy atom. The number of methoxy groups -OCH3 is 1. The summed E-state index contributed by atoms with van der Waals surface area (Å²) in [5.41, 5.74) is 0.906. The number of hydrogen-bond acceptors (Lipinski definition) is 3. The molecule has 0 atom stereocenters. The predicted molar refractivity (Wildman–Crippen MR) is 82.8 cm³/mol. The number of thiophene rings is 1. The Hall–Kier alpha value is -2.20. The van der Waals surface area contributed by atoms with Crippen LogP contribution in [-0.2, 0) is 6.42 Å². The van der Waals surface area contributed by atoms with E-state index in [1.807, 2.05) is 24.3 Å². The van der Waals surface area contributed by atoms with Crippen molar-refractivity contribution < 1.29 is 13.9 Å². The van der Waals surface area contributed by atoms with Crippen LogP contribution >= 0.6 is 11.3 Å². The second-order valence-corrected chi connectivity index (χ2v) is 5.83. The quantitative estimate of drug-likeness (QED) is 0.664. The van der Waals surface area contributed by atoms with Crippen molar-refractivity contribution in [3.8, 4) is 5.75 Å². The van der Waals surface area contributed by atoms with Gasteiger partial charge in [0.05, 0.1) is 12.0 Å². The molecule has 2 nitrogen and oxygen atoms in total. The fourth-order valence-corrected chi connectivity index (χ4v) is 3.19. The number of rotatable bonds is 4. The molecule has 2 aromatic carbocycles. The maximum Gasteiger partial charge on any atom is 0.177 e. The van der Waals surface area contributed by atoms with E-state index in [2.05, 4.69) is 0 Å². The lowest BCUT2D eigenvalue weighted by Gasteiger charge is -2.03. The topological polar surface area (TPSA) is 26.3 Å². The summed E-state index contributed by atoms with van der Waals surface area (Å²) >= 11 is 1.40. The molecule has 21 heavy (non-hydrogen) atoms. The van der Waals surface area contributed by atoms with Crippen molar-refractivity contribution >= 4 is 27.2 Å². The molecule has 0 fully saturated rings. The average molecular weight is 300 g/mol. The zero-order chi connectivity index (χ0) is 14.8. The lowest BCUT2D eigenvalue weighted by Crippen LogP contribution is -2.01. The van der Waals surface area contributed by atoms with Gasteiger partial charge in [-0.3, -0.25) is 4.79 Å². The van der Waals surface area contributed by atoms with Crippen molar-refractivity contribution in [3.63, 3.8) is 0 Å². The first-order valence-electron chi connectivity index (χ1n) is 6.51. The lowest BCUT2D eigenvalue weighted by atomic mass is 10.1. The molecule has 1 heterocycles. The van der Waals surface area contributed by atoms with Crippen molar-refractivity contribution in [2.75, 3.05) is 7.11 Å². The van der Waals surface area contributed by atoms with E-state index in [1.54, 1.807) is 19.2 Å². The van der Waals surface area contributed by atoms with E-state index >= 15 is 0 Å². The van der Waals surface area contributed by atoms with E-state index in [4.69, 9.17) is 4.74 Å². The summed E-state index contributed by atoms with van der Waals surface area (Å²) in [7, 11) is 1.60. The summed E-state index contributed by atoms with van der Waals surface area (Å²) in [6, 6.07) is 13.8. The van der Waals surface area contributed by atoms with Crippen molar-refractivity contribution in [1.29, 1.82) is 0 Å². The van der Waals surface area contributed by atoms with Crippen molar-refractivity contribution in [3.05, 3.63) is 64.8 Å². The van der Waals surface area contributed by atoms with E-state index in [1.165, 1.54) is 23.5 Å². The maximum absolute atomic E-state index is 13.2. The van der Waals surface area contributed by atoms with Crippen molar-refractivity contribution in [1.82, 2.24) is 0 Å². The number of carbonyl (C=O) groups excluding carboxylic acids is 1. The van der Waals surface area contributed by atoms with Gasteiger partial charge in [0.15, 0.2) is 5.78 Å². The summed E-state index contributed by atoms with van der Waals surface area (Å²) in [6.07, 6.45) is 0.312. The number of halogens is 1. The highest BCUT2D eigenvalue weighted by atomic mass is 32.1. The van der Waals surface area contributed by atoms with Crippen LogP contribution in [0.15, 0.2) is 48.5 Å². The second kappa shape index (κ2) is 5.66. The minimum absolute atomic E-state index is 0.0323. The molecule has 3 rings (SSSR count). The largest absolute Gasteiger partial charge is 0.497 e. The van der Waals surface area contributed by atoms with Crippen LogP contribution < -0.4 is 4.74 Å². The normalized spacial score (nSPS) is 10.8. The molecule has 0 aliphatic carbocycles. The lowest BCUT2D eigenvalue weighted by molar-refractivity contribution is 0.0997. The van der Waals surface area contributed by atoms with E-state index in [9.17, 15) is 9.18 Å². The van der Waals surface area contributed by atoms with Gasteiger partial charge in [0.25, 0.3) is 0 Å². The van der Waals surface area contributed by atoms with E-state index < -0.39 is 0 Å². The van der Waals surface area contributed by atoms with E-state index in [0.29, 0.717) is 11.3 Å². The Morgan fingerprint density at radius 2 is 2.05 bits per heavy atom. The van der Waals surface area contributed by atoms with Gasteiger partial charge in [-0.05, 0) is 47.3 Å². The van der Waals surface area contributed by atoms with Gasteiger partial charge in [0, 0.05) is 11.1 Å². The Balaban J connectivity index is 1.86.